The number of morpholine rings is 1. The molecular formula is C23H23N3O5. The molecule has 0 aliphatic carbocycles. The number of anilines is 2. The van der Waals surface area contributed by atoms with Crippen LogP contribution in [0.3, 0.4) is 0 Å². The van der Waals surface area contributed by atoms with Gasteiger partial charge in [0.15, 0.2) is 0 Å². The molecule has 160 valence electrons. The number of hydrogen-bond donors (Lipinski definition) is 1. The van der Waals surface area contributed by atoms with Gasteiger partial charge in [-0.1, -0.05) is 24.3 Å². The van der Waals surface area contributed by atoms with Crippen LogP contribution in [0, 0.1) is 0 Å². The number of hydrogen-bond acceptors (Lipinski definition) is 6. The first-order chi connectivity index (χ1) is 15.1. The van der Waals surface area contributed by atoms with Crippen molar-refractivity contribution in [3.63, 3.8) is 0 Å². The second-order valence-electron chi connectivity index (χ2n) is 7.05. The van der Waals surface area contributed by atoms with Gasteiger partial charge in [-0.3, -0.25) is 14.9 Å². The number of nitrogens with one attached hydrogen (secondary N) is 1. The van der Waals surface area contributed by atoms with Crippen LogP contribution in [0.2, 0.25) is 0 Å². The zero-order chi connectivity index (χ0) is 21.8. The van der Waals surface area contributed by atoms with Crippen molar-refractivity contribution in [2.45, 2.75) is 6.92 Å². The molecule has 0 spiro atoms. The molecule has 2 saturated heterocycles. The highest BCUT2D eigenvalue weighted by Crippen LogP contribution is 2.31. The molecule has 0 bridgehead atoms. The lowest BCUT2D eigenvalue weighted by Crippen LogP contribution is -2.54. The van der Waals surface area contributed by atoms with Crippen molar-refractivity contribution in [1.82, 2.24) is 5.32 Å². The minimum Gasteiger partial charge on any atom is -0.492 e. The second-order valence-corrected chi connectivity index (χ2v) is 7.05. The summed E-state index contributed by atoms with van der Waals surface area (Å²) in [7, 11) is 0. The smallest absolute Gasteiger partial charge is 0.336 e. The minimum atomic E-state index is -0.804. The molecule has 1 N–H and O–H groups in total. The van der Waals surface area contributed by atoms with Gasteiger partial charge in [-0.15, -0.1) is 0 Å². The van der Waals surface area contributed by atoms with Gasteiger partial charge in [0.05, 0.1) is 25.5 Å². The van der Waals surface area contributed by atoms with Gasteiger partial charge >= 0.3 is 6.03 Å². The predicted molar refractivity (Wildman–Crippen MR) is 116 cm³/mol. The van der Waals surface area contributed by atoms with Gasteiger partial charge in [-0.25, -0.2) is 9.69 Å². The predicted octanol–water partition coefficient (Wildman–Crippen LogP) is 2.59. The second kappa shape index (κ2) is 9.01. The number of ether oxygens (including phenoxy) is 2. The zero-order valence-electron chi connectivity index (χ0n) is 17.2. The maximum atomic E-state index is 13.1. The van der Waals surface area contributed by atoms with E-state index in [4.69, 9.17) is 9.47 Å². The lowest BCUT2D eigenvalue weighted by atomic mass is 10.1. The van der Waals surface area contributed by atoms with E-state index in [1.54, 1.807) is 24.3 Å². The Morgan fingerprint density at radius 3 is 2.45 bits per heavy atom. The number of barbiturate groups is 1. The van der Waals surface area contributed by atoms with Crippen LogP contribution in [0.15, 0.2) is 54.1 Å². The lowest BCUT2D eigenvalue weighted by molar-refractivity contribution is -0.122. The quantitative estimate of drug-likeness (QED) is 0.590. The highest BCUT2D eigenvalue weighted by molar-refractivity contribution is 6.39. The molecule has 2 aromatic rings. The standard InChI is InChI=1S/C23H23N3O5/c1-2-31-20-6-4-3-5-19(20)26-22(28)18(21(27)24-23(26)29)15-16-7-9-17(10-8-16)25-11-13-30-14-12-25/h3-10,15H,2,11-14H2,1H3,(H,24,27,29)/b18-15+. The average Bonchev–Trinajstić information content (AvgIpc) is 2.79. The summed E-state index contributed by atoms with van der Waals surface area (Å²) in [6.45, 7) is 5.19. The number of benzene rings is 2. The van der Waals surface area contributed by atoms with Gasteiger partial charge in [0, 0.05) is 18.8 Å². The van der Waals surface area contributed by atoms with E-state index in [9.17, 15) is 14.4 Å². The Labute approximate surface area is 180 Å². The Morgan fingerprint density at radius 1 is 1.03 bits per heavy atom. The van der Waals surface area contributed by atoms with E-state index in [2.05, 4.69) is 10.2 Å². The van der Waals surface area contributed by atoms with E-state index in [-0.39, 0.29) is 11.3 Å². The van der Waals surface area contributed by atoms with Crippen molar-refractivity contribution in [3.8, 4) is 5.75 Å². The monoisotopic (exact) mass is 421 g/mol. The van der Waals surface area contributed by atoms with E-state index in [0.29, 0.717) is 31.1 Å². The molecule has 0 atom stereocenters. The van der Waals surface area contributed by atoms with Crippen molar-refractivity contribution in [1.29, 1.82) is 0 Å². The maximum absolute atomic E-state index is 13.1. The van der Waals surface area contributed by atoms with Crippen LogP contribution in [0.4, 0.5) is 16.2 Å². The summed E-state index contributed by atoms with van der Waals surface area (Å²) >= 11 is 0. The summed E-state index contributed by atoms with van der Waals surface area (Å²) in [5.74, 6) is -1.03. The molecule has 0 aromatic heterocycles. The molecule has 31 heavy (non-hydrogen) atoms. The molecule has 2 aromatic carbocycles. The first-order valence-corrected chi connectivity index (χ1v) is 10.1. The van der Waals surface area contributed by atoms with E-state index in [1.807, 2.05) is 31.2 Å². The molecule has 2 heterocycles. The molecule has 4 rings (SSSR count). The summed E-state index contributed by atoms with van der Waals surface area (Å²) in [5.41, 5.74) is 1.90. The van der Waals surface area contributed by atoms with E-state index < -0.39 is 17.8 Å². The van der Waals surface area contributed by atoms with Crippen molar-refractivity contribution in [2.24, 2.45) is 0 Å². The van der Waals surface area contributed by atoms with Gasteiger partial charge < -0.3 is 14.4 Å². The highest BCUT2D eigenvalue weighted by Gasteiger charge is 2.38. The van der Waals surface area contributed by atoms with Crippen LogP contribution in [-0.2, 0) is 14.3 Å². The van der Waals surface area contributed by atoms with Gasteiger partial charge in [0.25, 0.3) is 11.8 Å². The third kappa shape index (κ3) is 4.29. The molecule has 2 aliphatic rings. The number of imide groups is 2. The van der Waals surface area contributed by atoms with Crippen LogP contribution >= 0.6 is 0 Å². The molecule has 4 amide bonds. The summed E-state index contributed by atoms with van der Waals surface area (Å²) < 4.78 is 10.9. The fourth-order valence-corrected chi connectivity index (χ4v) is 3.57. The Bertz CT molecular complexity index is 1030. The van der Waals surface area contributed by atoms with E-state index in [0.717, 1.165) is 23.7 Å². The average molecular weight is 421 g/mol. The maximum Gasteiger partial charge on any atom is 0.336 e. The molecule has 8 heteroatoms. The summed E-state index contributed by atoms with van der Waals surface area (Å²) in [4.78, 5) is 41.1. The first kappa shape index (κ1) is 20.6. The van der Waals surface area contributed by atoms with E-state index >= 15 is 0 Å². The van der Waals surface area contributed by atoms with Gasteiger partial charge in [-0.2, -0.15) is 0 Å². The van der Waals surface area contributed by atoms with Crippen LogP contribution < -0.4 is 19.9 Å². The largest absolute Gasteiger partial charge is 0.492 e. The Balaban J connectivity index is 1.62. The molecular weight excluding hydrogens is 398 g/mol. The summed E-state index contributed by atoms with van der Waals surface area (Å²) in [6, 6.07) is 13.5. The fourth-order valence-electron chi connectivity index (χ4n) is 3.57. The van der Waals surface area contributed by atoms with Gasteiger partial charge in [0.1, 0.15) is 11.3 Å². The molecule has 2 fully saturated rings. The van der Waals surface area contributed by atoms with Crippen molar-refractivity contribution >= 4 is 35.3 Å². The van der Waals surface area contributed by atoms with Gasteiger partial charge in [0.2, 0.25) is 0 Å². The van der Waals surface area contributed by atoms with Crippen molar-refractivity contribution < 1.29 is 23.9 Å². The highest BCUT2D eigenvalue weighted by atomic mass is 16.5. The van der Waals surface area contributed by atoms with Crippen LogP contribution in [0.5, 0.6) is 5.75 Å². The zero-order valence-corrected chi connectivity index (χ0v) is 17.2. The number of para-hydroxylation sites is 2. The third-order valence-electron chi connectivity index (χ3n) is 5.09. The third-order valence-corrected chi connectivity index (χ3v) is 5.09. The Hall–Kier alpha value is -3.65. The number of carbonyl (C=O) groups excluding carboxylic acids is 3. The van der Waals surface area contributed by atoms with Crippen molar-refractivity contribution in [2.75, 3.05) is 42.7 Å². The van der Waals surface area contributed by atoms with Crippen LogP contribution in [-0.4, -0.2) is 50.8 Å². The number of amides is 4. The molecule has 0 unspecified atom stereocenters. The van der Waals surface area contributed by atoms with Crippen molar-refractivity contribution in [3.05, 3.63) is 59.7 Å². The van der Waals surface area contributed by atoms with Gasteiger partial charge in [-0.05, 0) is 42.8 Å². The Kier molecular flexibility index (Phi) is 5.99. The molecule has 0 radical (unpaired) electrons. The van der Waals surface area contributed by atoms with E-state index in [1.165, 1.54) is 6.08 Å². The number of carbonyl (C=O) groups is 3. The first-order valence-electron chi connectivity index (χ1n) is 10.1. The number of urea groups is 1. The SMILES string of the molecule is CCOc1ccccc1N1C(=O)NC(=O)/C(=C\c2ccc(N3CCOCC3)cc2)C1=O. The van der Waals surface area contributed by atoms with Crippen LogP contribution in [0.1, 0.15) is 12.5 Å². The number of nitrogens with zero attached hydrogens (tertiary/aromatic N) is 2. The van der Waals surface area contributed by atoms with Crippen LogP contribution in [0.25, 0.3) is 6.08 Å². The Morgan fingerprint density at radius 2 is 1.74 bits per heavy atom. The minimum absolute atomic E-state index is 0.120. The summed E-state index contributed by atoms with van der Waals surface area (Å²) in [6.07, 6.45) is 1.49. The lowest BCUT2D eigenvalue weighted by Gasteiger charge is -2.29. The topological polar surface area (TPSA) is 88.2 Å². The molecule has 0 saturated carbocycles. The summed E-state index contributed by atoms with van der Waals surface area (Å²) in [5, 5.41) is 2.24. The number of rotatable bonds is 5. The normalized spacial score (nSPS) is 18.4. The fraction of sp³-hybridized carbons (Fsp3) is 0.261. The molecule has 2 aliphatic heterocycles. The molecule has 8 nitrogen and oxygen atoms in total.